The molecule has 11 heteroatoms. The first-order chi connectivity index (χ1) is 21.9. The van der Waals surface area contributed by atoms with Crippen LogP contribution in [0.1, 0.15) is 25.0 Å². The van der Waals surface area contributed by atoms with Gasteiger partial charge >= 0.3 is 0 Å². The average molecular weight is 632 g/mol. The number of nitrogens with two attached hydrogens (primary N) is 2. The molecule has 2 heterocycles. The molecule has 0 radical (unpaired) electrons. The molecule has 2 aromatic carbocycles. The van der Waals surface area contributed by atoms with Crippen LogP contribution in [0.5, 0.6) is 34.5 Å². The molecule has 0 fully saturated rings. The Hall–Kier alpha value is -4.58. The van der Waals surface area contributed by atoms with Crippen molar-refractivity contribution in [3.8, 4) is 57.0 Å². The Morgan fingerprint density at radius 1 is 0.565 bits per heavy atom. The first kappa shape index (κ1) is 34.3. The molecule has 0 aliphatic carbocycles. The normalized spacial score (nSPS) is 13.8. The molecule has 0 aliphatic rings. The maximum Gasteiger partial charge on any atom is 0.203 e. The van der Waals surface area contributed by atoms with Crippen LogP contribution in [0.3, 0.4) is 0 Å². The largest absolute Gasteiger partial charge is 0.493 e. The van der Waals surface area contributed by atoms with Gasteiger partial charge in [-0.3, -0.25) is 9.97 Å². The fourth-order valence-electron chi connectivity index (χ4n) is 5.62. The van der Waals surface area contributed by atoms with E-state index in [1.807, 2.05) is 69.4 Å². The van der Waals surface area contributed by atoms with E-state index in [2.05, 4.69) is 4.90 Å². The van der Waals surface area contributed by atoms with Gasteiger partial charge < -0.3 is 44.8 Å². The molecule has 0 bridgehead atoms. The molecule has 2 unspecified atom stereocenters. The summed E-state index contributed by atoms with van der Waals surface area (Å²) in [4.78, 5) is 11.5. The molecular formula is C35H45N5O6. The van der Waals surface area contributed by atoms with Crippen LogP contribution in [-0.2, 0) is 11.1 Å². The number of pyridine rings is 2. The van der Waals surface area contributed by atoms with Crippen LogP contribution in [0, 0.1) is 0 Å². The minimum atomic E-state index is -0.694. The van der Waals surface area contributed by atoms with E-state index in [9.17, 15) is 0 Å². The smallest absolute Gasteiger partial charge is 0.203 e. The van der Waals surface area contributed by atoms with Crippen molar-refractivity contribution in [3.05, 3.63) is 72.1 Å². The monoisotopic (exact) mass is 631 g/mol. The van der Waals surface area contributed by atoms with Crippen LogP contribution in [0.2, 0.25) is 0 Å². The van der Waals surface area contributed by atoms with Crippen molar-refractivity contribution in [1.82, 2.24) is 14.9 Å². The van der Waals surface area contributed by atoms with Crippen LogP contribution in [-0.4, -0.2) is 77.7 Å². The first-order valence-electron chi connectivity index (χ1n) is 14.7. The SMILES string of the molecule is COc1cc(-c2ccc(C(C)(N)CN(C)CC(C)(N)c3ccc(-c4cc(OC)c(OC)c(OC)c4)nc3)cn2)cc(OC)c1OC. The van der Waals surface area contributed by atoms with E-state index in [0.717, 1.165) is 33.6 Å². The lowest BCUT2D eigenvalue weighted by atomic mass is 9.90. The predicted octanol–water partition coefficient (Wildman–Crippen LogP) is 4.84. The van der Waals surface area contributed by atoms with Crippen molar-refractivity contribution in [2.24, 2.45) is 11.5 Å². The summed E-state index contributed by atoms with van der Waals surface area (Å²) in [7, 11) is 11.5. The van der Waals surface area contributed by atoms with E-state index in [4.69, 9.17) is 49.9 Å². The molecule has 4 rings (SSSR count). The summed E-state index contributed by atoms with van der Waals surface area (Å²) >= 11 is 0. The highest BCUT2D eigenvalue weighted by Gasteiger charge is 2.29. The Bertz CT molecular complexity index is 1450. The summed E-state index contributed by atoms with van der Waals surface area (Å²) in [5, 5.41) is 0. The summed E-state index contributed by atoms with van der Waals surface area (Å²) in [5.41, 5.74) is 17.3. The van der Waals surface area contributed by atoms with Gasteiger partial charge in [0.2, 0.25) is 11.5 Å². The van der Waals surface area contributed by atoms with Gasteiger partial charge in [0.15, 0.2) is 23.0 Å². The number of methoxy groups -OCH3 is 6. The summed E-state index contributed by atoms with van der Waals surface area (Å²) < 4.78 is 32.9. The van der Waals surface area contributed by atoms with Gasteiger partial charge in [-0.15, -0.1) is 0 Å². The number of rotatable bonds is 14. The molecule has 4 aromatic rings. The van der Waals surface area contributed by atoms with Crippen LogP contribution < -0.4 is 39.9 Å². The molecule has 2 atom stereocenters. The lowest BCUT2D eigenvalue weighted by Gasteiger charge is -2.35. The lowest BCUT2D eigenvalue weighted by molar-refractivity contribution is 0.213. The molecule has 0 amide bonds. The molecule has 2 aromatic heterocycles. The molecule has 0 saturated heterocycles. The molecule has 0 aliphatic heterocycles. The van der Waals surface area contributed by atoms with E-state index in [0.29, 0.717) is 47.6 Å². The number of benzene rings is 2. The fraction of sp³-hybridized carbons (Fsp3) is 0.371. The van der Waals surface area contributed by atoms with Crippen molar-refractivity contribution in [3.63, 3.8) is 0 Å². The summed E-state index contributed by atoms with van der Waals surface area (Å²) in [6.07, 6.45) is 3.61. The third kappa shape index (κ3) is 7.28. The second-order valence-corrected chi connectivity index (χ2v) is 11.7. The molecule has 46 heavy (non-hydrogen) atoms. The molecule has 0 saturated carbocycles. The van der Waals surface area contributed by atoms with Gasteiger partial charge in [-0.25, -0.2) is 0 Å². The van der Waals surface area contributed by atoms with E-state index >= 15 is 0 Å². The summed E-state index contributed by atoms with van der Waals surface area (Å²) in [5.74, 6) is 3.29. The molecular weight excluding hydrogens is 586 g/mol. The first-order valence-corrected chi connectivity index (χ1v) is 14.7. The van der Waals surface area contributed by atoms with E-state index in [1.165, 1.54) is 0 Å². The summed E-state index contributed by atoms with van der Waals surface area (Å²) in [6.45, 7) is 5.06. The second-order valence-electron chi connectivity index (χ2n) is 11.7. The maximum atomic E-state index is 6.85. The van der Waals surface area contributed by atoms with Crippen LogP contribution in [0.25, 0.3) is 22.5 Å². The Morgan fingerprint density at radius 3 is 1.13 bits per heavy atom. The zero-order valence-corrected chi connectivity index (χ0v) is 28.1. The van der Waals surface area contributed by atoms with Crippen LogP contribution in [0.4, 0.5) is 0 Å². The standard InChI is InChI=1S/C35H45N5O6/c1-34(36,24-10-12-26(38-18-24)22-14-28(41-4)32(45-8)29(15-22)42-5)20-40(3)21-35(2,37)25-11-13-27(39-19-25)23-16-30(43-6)33(46-9)31(17-23)44-7/h10-19H,20-21,36-37H2,1-9H3. The van der Waals surface area contributed by atoms with Gasteiger partial charge in [-0.05, 0) is 68.4 Å². The minimum absolute atomic E-state index is 0.528. The Kier molecular flexibility index (Phi) is 10.6. The van der Waals surface area contributed by atoms with Gasteiger partial charge in [-0.2, -0.15) is 0 Å². The van der Waals surface area contributed by atoms with Crippen molar-refractivity contribution in [1.29, 1.82) is 0 Å². The minimum Gasteiger partial charge on any atom is -0.493 e. The zero-order chi connectivity index (χ0) is 33.6. The van der Waals surface area contributed by atoms with Crippen LogP contribution >= 0.6 is 0 Å². The number of ether oxygens (including phenoxy) is 6. The average Bonchev–Trinajstić information content (AvgIpc) is 3.06. The third-order valence-electron chi connectivity index (χ3n) is 7.96. The molecule has 4 N–H and O–H groups in total. The van der Waals surface area contributed by atoms with Gasteiger partial charge in [0, 0.05) is 36.6 Å². The molecule has 0 spiro atoms. The Morgan fingerprint density at radius 2 is 0.891 bits per heavy atom. The Balaban J connectivity index is 1.47. The van der Waals surface area contributed by atoms with E-state index in [1.54, 1.807) is 55.1 Å². The number of aromatic nitrogens is 2. The van der Waals surface area contributed by atoms with Gasteiger partial charge in [0.1, 0.15) is 0 Å². The van der Waals surface area contributed by atoms with Crippen molar-refractivity contribution < 1.29 is 28.4 Å². The summed E-state index contributed by atoms with van der Waals surface area (Å²) in [6, 6.07) is 15.3. The van der Waals surface area contributed by atoms with Crippen molar-refractivity contribution in [2.75, 3.05) is 62.8 Å². The highest BCUT2D eigenvalue weighted by Crippen LogP contribution is 2.42. The van der Waals surface area contributed by atoms with Gasteiger partial charge in [-0.1, -0.05) is 12.1 Å². The number of likely N-dealkylation sites (N-methyl/N-ethyl adjacent to an activating group) is 1. The van der Waals surface area contributed by atoms with E-state index in [-0.39, 0.29) is 0 Å². The number of hydrogen-bond donors (Lipinski definition) is 2. The lowest BCUT2D eigenvalue weighted by Crippen LogP contribution is -2.50. The van der Waals surface area contributed by atoms with Crippen LogP contribution in [0.15, 0.2) is 60.9 Å². The molecule has 246 valence electrons. The number of nitrogens with zero attached hydrogens (tertiary/aromatic N) is 3. The quantitative estimate of drug-likeness (QED) is 0.198. The maximum absolute atomic E-state index is 6.85. The van der Waals surface area contributed by atoms with E-state index < -0.39 is 11.1 Å². The fourth-order valence-corrected chi connectivity index (χ4v) is 5.62. The van der Waals surface area contributed by atoms with Crippen molar-refractivity contribution >= 4 is 0 Å². The van der Waals surface area contributed by atoms with Gasteiger partial charge in [0.05, 0.1) is 65.1 Å². The third-order valence-corrected chi connectivity index (χ3v) is 7.96. The number of hydrogen-bond acceptors (Lipinski definition) is 11. The zero-order valence-electron chi connectivity index (χ0n) is 28.1. The highest BCUT2D eigenvalue weighted by molar-refractivity contribution is 5.70. The second kappa shape index (κ2) is 14.2. The highest BCUT2D eigenvalue weighted by atomic mass is 16.5. The Labute approximate surface area is 271 Å². The predicted molar refractivity (Wildman–Crippen MR) is 179 cm³/mol. The van der Waals surface area contributed by atoms with Gasteiger partial charge in [0.25, 0.3) is 0 Å². The molecule has 11 nitrogen and oxygen atoms in total. The topological polar surface area (TPSA) is 136 Å². The van der Waals surface area contributed by atoms with Crippen molar-refractivity contribution in [2.45, 2.75) is 24.9 Å².